The van der Waals surface area contributed by atoms with Gasteiger partial charge in [-0.2, -0.15) is 0 Å². The summed E-state index contributed by atoms with van der Waals surface area (Å²) in [6, 6.07) is 7.10. The molecular formula is C23H34FN7O. The summed E-state index contributed by atoms with van der Waals surface area (Å²) in [5, 5.41) is 15.2. The molecule has 0 radical (unpaired) electrons. The number of morpholine rings is 1. The number of aromatic nitrogens is 3. The van der Waals surface area contributed by atoms with Crippen molar-refractivity contribution in [3.05, 3.63) is 47.3 Å². The molecule has 2 heterocycles. The molecule has 1 aliphatic heterocycles. The summed E-state index contributed by atoms with van der Waals surface area (Å²) in [5.41, 5.74) is 0.645. The first-order chi connectivity index (χ1) is 15.6. The topological polar surface area (TPSA) is 79.6 Å². The van der Waals surface area contributed by atoms with Crippen molar-refractivity contribution in [2.75, 3.05) is 45.9 Å². The van der Waals surface area contributed by atoms with Crippen LogP contribution >= 0.6 is 0 Å². The molecule has 1 aromatic carbocycles. The first-order valence-corrected chi connectivity index (χ1v) is 11.5. The Morgan fingerprint density at radius 1 is 1.19 bits per heavy atom. The van der Waals surface area contributed by atoms with Crippen LogP contribution in [0.1, 0.15) is 36.5 Å². The first kappa shape index (κ1) is 22.7. The Morgan fingerprint density at radius 2 is 1.97 bits per heavy atom. The van der Waals surface area contributed by atoms with Crippen LogP contribution in [0.15, 0.2) is 29.3 Å². The zero-order chi connectivity index (χ0) is 22.4. The summed E-state index contributed by atoms with van der Waals surface area (Å²) in [4.78, 5) is 7.17. The molecule has 0 unspecified atom stereocenters. The molecule has 174 valence electrons. The van der Waals surface area contributed by atoms with Gasteiger partial charge < -0.3 is 19.9 Å². The molecule has 0 bridgehead atoms. The molecule has 0 atom stereocenters. The number of aryl methyl sites for hydroxylation is 1. The summed E-state index contributed by atoms with van der Waals surface area (Å²) in [7, 11) is 1.94. The van der Waals surface area contributed by atoms with Crippen LogP contribution < -0.4 is 10.6 Å². The Balaban J connectivity index is 1.36. The number of hydrogen-bond donors (Lipinski definition) is 2. The highest BCUT2D eigenvalue weighted by Crippen LogP contribution is 2.48. The van der Waals surface area contributed by atoms with Gasteiger partial charge in [-0.3, -0.25) is 4.90 Å². The van der Waals surface area contributed by atoms with E-state index in [1.807, 2.05) is 30.7 Å². The highest BCUT2D eigenvalue weighted by Gasteiger charge is 2.45. The van der Waals surface area contributed by atoms with E-state index in [1.54, 1.807) is 12.1 Å². The van der Waals surface area contributed by atoms with E-state index in [-0.39, 0.29) is 11.2 Å². The second kappa shape index (κ2) is 10.4. The lowest BCUT2D eigenvalue weighted by atomic mass is 9.95. The second-order valence-corrected chi connectivity index (χ2v) is 8.74. The Morgan fingerprint density at radius 3 is 2.66 bits per heavy atom. The van der Waals surface area contributed by atoms with E-state index in [0.29, 0.717) is 13.1 Å². The maximum Gasteiger partial charge on any atom is 0.191 e. The Kier molecular flexibility index (Phi) is 7.36. The maximum absolute atomic E-state index is 14.4. The van der Waals surface area contributed by atoms with Crippen molar-refractivity contribution in [1.82, 2.24) is 30.3 Å². The SMILES string of the molecule is Cc1nnc(CN=C(NCCCN2CCOCC2)NCC2(c3ccccc3F)CC2)n1C. The Bertz CT molecular complexity index is 919. The number of hydrogen-bond acceptors (Lipinski definition) is 5. The van der Waals surface area contributed by atoms with Gasteiger partial charge in [0.05, 0.1) is 13.2 Å². The van der Waals surface area contributed by atoms with Gasteiger partial charge in [-0.15, -0.1) is 10.2 Å². The third-order valence-electron chi connectivity index (χ3n) is 6.50. The van der Waals surface area contributed by atoms with Crippen LogP contribution in [0.5, 0.6) is 0 Å². The van der Waals surface area contributed by atoms with Crippen LogP contribution in [-0.2, 0) is 23.7 Å². The fourth-order valence-electron chi connectivity index (χ4n) is 4.08. The average Bonchev–Trinajstić information content (AvgIpc) is 3.53. The van der Waals surface area contributed by atoms with Crippen molar-refractivity contribution in [1.29, 1.82) is 0 Å². The smallest absolute Gasteiger partial charge is 0.191 e. The number of benzene rings is 1. The van der Waals surface area contributed by atoms with Gasteiger partial charge in [0.15, 0.2) is 11.8 Å². The van der Waals surface area contributed by atoms with E-state index in [4.69, 9.17) is 9.73 Å². The number of guanidine groups is 1. The maximum atomic E-state index is 14.4. The number of nitrogens with zero attached hydrogens (tertiary/aromatic N) is 5. The summed E-state index contributed by atoms with van der Waals surface area (Å²) in [6.07, 6.45) is 2.98. The molecule has 1 aliphatic carbocycles. The fourth-order valence-corrected chi connectivity index (χ4v) is 4.08. The lowest BCUT2D eigenvalue weighted by molar-refractivity contribution is 0.0376. The summed E-state index contributed by atoms with van der Waals surface area (Å²) >= 11 is 0. The van der Waals surface area contributed by atoms with Crippen LogP contribution in [0, 0.1) is 12.7 Å². The van der Waals surface area contributed by atoms with Crippen molar-refractivity contribution in [3.8, 4) is 0 Å². The second-order valence-electron chi connectivity index (χ2n) is 8.74. The number of ether oxygens (including phenoxy) is 1. The predicted octanol–water partition coefficient (Wildman–Crippen LogP) is 1.75. The number of rotatable bonds is 9. The standard InChI is InChI=1S/C23H34FN7O/c1-18-28-29-21(30(18)2)16-26-22(25-10-5-11-31-12-14-32-15-13-31)27-17-23(8-9-23)19-6-3-4-7-20(19)24/h3-4,6-7H,5,8-17H2,1-2H3,(H2,25,26,27). The highest BCUT2D eigenvalue weighted by molar-refractivity contribution is 5.80. The molecule has 2 fully saturated rings. The predicted molar refractivity (Wildman–Crippen MR) is 122 cm³/mol. The largest absolute Gasteiger partial charge is 0.379 e. The van der Waals surface area contributed by atoms with Crippen molar-refractivity contribution in [2.45, 2.75) is 38.1 Å². The molecular weight excluding hydrogens is 409 g/mol. The number of halogens is 1. The van der Waals surface area contributed by atoms with Gasteiger partial charge >= 0.3 is 0 Å². The van der Waals surface area contributed by atoms with E-state index < -0.39 is 0 Å². The molecule has 2 aromatic rings. The average molecular weight is 444 g/mol. The minimum absolute atomic E-state index is 0.127. The first-order valence-electron chi connectivity index (χ1n) is 11.5. The van der Waals surface area contributed by atoms with E-state index in [2.05, 4.69) is 25.7 Å². The third-order valence-corrected chi connectivity index (χ3v) is 6.50. The van der Waals surface area contributed by atoms with Crippen LogP contribution in [-0.4, -0.2) is 71.6 Å². The van der Waals surface area contributed by atoms with Gasteiger partial charge in [-0.05, 0) is 44.4 Å². The van der Waals surface area contributed by atoms with Gasteiger partial charge in [0.1, 0.15) is 18.2 Å². The molecule has 32 heavy (non-hydrogen) atoms. The lowest BCUT2D eigenvalue weighted by Crippen LogP contribution is -2.43. The molecule has 9 heteroatoms. The van der Waals surface area contributed by atoms with Crippen LogP contribution in [0.4, 0.5) is 4.39 Å². The minimum atomic E-state index is -0.150. The van der Waals surface area contributed by atoms with Gasteiger partial charge in [0, 0.05) is 38.6 Å². The lowest BCUT2D eigenvalue weighted by Gasteiger charge is -2.26. The monoisotopic (exact) mass is 443 g/mol. The van der Waals surface area contributed by atoms with Crippen molar-refractivity contribution in [3.63, 3.8) is 0 Å². The summed E-state index contributed by atoms with van der Waals surface area (Å²) < 4.78 is 21.7. The molecule has 2 N–H and O–H groups in total. The quantitative estimate of drug-likeness (QED) is 0.349. The minimum Gasteiger partial charge on any atom is -0.379 e. The molecule has 1 aromatic heterocycles. The third kappa shape index (κ3) is 5.63. The zero-order valence-corrected chi connectivity index (χ0v) is 19.1. The van der Waals surface area contributed by atoms with Gasteiger partial charge in [0.25, 0.3) is 0 Å². The van der Waals surface area contributed by atoms with E-state index in [9.17, 15) is 4.39 Å². The zero-order valence-electron chi connectivity index (χ0n) is 19.1. The molecule has 4 rings (SSSR count). The van der Waals surface area contributed by atoms with E-state index in [0.717, 1.165) is 81.8 Å². The van der Waals surface area contributed by atoms with Crippen molar-refractivity contribution in [2.24, 2.45) is 12.0 Å². The molecule has 0 spiro atoms. The molecule has 1 saturated carbocycles. The molecule has 0 amide bonds. The van der Waals surface area contributed by atoms with Gasteiger partial charge in [0.2, 0.25) is 0 Å². The summed E-state index contributed by atoms with van der Waals surface area (Å²) in [6.45, 7) is 8.48. The van der Waals surface area contributed by atoms with Gasteiger partial charge in [-0.1, -0.05) is 18.2 Å². The summed E-state index contributed by atoms with van der Waals surface area (Å²) in [5.74, 6) is 2.28. The van der Waals surface area contributed by atoms with Crippen LogP contribution in [0.2, 0.25) is 0 Å². The van der Waals surface area contributed by atoms with E-state index >= 15 is 0 Å². The number of aliphatic imine (C=N–C) groups is 1. The fraction of sp³-hybridized carbons (Fsp3) is 0.609. The highest BCUT2D eigenvalue weighted by atomic mass is 19.1. The van der Waals surface area contributed by atoms with Crippen LogP contribution in [0.3, 0.4) is 0 Å². The normalized spacial score (nSPS) is 18.5. The molecule has 1 saturated heterocycles. The Labute approximate surface area is 189 Å². The molecule has 2 aliphatic rings. The van der Waals surface area contributed by atoms with Crippen molar-refractivity contribution >= 4 is 5.96 Å². The Hall–Kier alpha value is -2.52. The van der Waals surface area contributed by atoms with Crippen molar-refractivity contribution < 1.29 is 9.13 Å². The van der Waals surface area contributed by atoms with Gasteiger partial charge in [-0.25, -0.2) is 9.38 Å². The van der Waals surface area contributed by atoms with Crippen LogP contribution in [0.25, 0.3) is 0 Å². The molecule has 8 nitrogen and oxygen atoms in total. The van der Waals surface area contributed by atoms with E-state index in [1.165, 1.54) is 0 Å². The number of nitrogens with one attached hydrogen (secondary N) is 2.